The summed E-state index contributed by atoms with van der Waals surface area (Å²) in [5.41, 5.74) is 2.12. The van der Waals surface area contributed by atoms with Crippen LogP contribution in [0.2, 0.25) is 0 Å². The zero-order valence-corrected chi connectivity index (χ0v) is 19.0. The standard InChI is InChI=1S/C20H23N3O2.C4H6O5/c1-16-14-20(25-13-10-22-8-11-24-12-9-22)21-23(16)19-7-6-17-4-2-3-5-18(17)15-19;5-2(4(8)9)1-3(6)7/h2-7,14-15H,8-13H2,1H3;2,5H,1H2,(H,6,7)(H,8,9). The minimum atomic E-state index is -1.79. The number of aryl methyl sites for hydroxylation is 1. The van der Waals surface area contributed by atoms with Crippen molar-refractivity contribution in [2.75, 3.05) is 39.5 Å². The van der Waals surface area contributed by atoms with E-state index in [0.29, 0.717) is 12.5 Å². The van der Waals surface area contributed by atoms with Crippen molar-refractivity contribution in [3.05, 3.63) is 54.2 Å². The Morgan fingerprint density at radius 2 is 1.79 bits per heavy atom. The van der Waals surface area contributed by atoms with Crippen LogP contribution in [0.1, 0.15) is 12.1 Å². The van der Waals surface area contributed by atoms with Crippen molar-refractivity contribution in [3.8, 4) is 11.6 Å². The van der Waals surface area contributed by atoms with Crippen molar-refractivity contribution in [3.63, 3.8) is 0 Å². The van der Waals surface area contributed by atoms with E-state index in [-0.39, 0.29) is 0 Å². The van der Waals surface area contributed by atoms with Gasteiger partial charge in [-0.15, -0.1) is 5.10 Å². The molecule has 1 atom stereocenters. The molecule has 4 rings (SSSR count). The fourth-order valence-corrected chi connectivity index (χ4v) is 3.44. The van der Waals surface area contributed by atoms with E-state index in [1.807, 2.05) is 10.7 Å². The summed E-state index contributed by atoms with van der Waals surface area (Å²) in [5, 5.41) is 31.2. The number of nitrogens with zero attached hydrogens (tertiary/aromatic N) is 3. The van der Waals surface area contributed by atoms with Crippen molar-refractivity contribution >= 4 is 22.7 Å². The number of ether oxygens (including phenoxy) is 2. The first-order chi connectivity index (χ1) is 16.3. The normalized spacial score (nSPS) is 14.8. The second-order valence-electron chi connectivity index (χ2n) is 7.82. The molecule has 0 aliphatic carbocycles. The van der Waals surface area contributed by atoms with Crippen LogP contribution in [0.15, 0.2) is 48.5 Å². The Morgan fingerprint density at radius 1 is 1.09 bits per heavy atom. The van der Waals surface area contributed by atoms with Crippen LogP contribution in [0.3, 0.4) is 0 Å². The number of aliphatic hydroxyl groups excluding tert-OH is 1. The molecule has 2 aromatic carbocycles. The number of aliphatic carboxylic acids is 2. The highest BCUT2D eigenvalue weighted by atomic mass is 16.5. The summed E-state index contributed by atoms with van der Waals surface area (Å²) in [6.07, 6.45) is -2.54. The maximum absolute atomic E-state index is 9.72. The number of aliphatic hydroxyl groups is 1. The van der Waals surface area contributed by atoms with Crippen LogP contribution in [0.5, 0.6) is 5.88 Å². The van der Waals surface area contributed by atoms with Gasteiger partial charge in [0.1, 0.15) is 6.61 Å². The molecule has 3 aromatic rings. The maximum atomic E-state index is 9.72. The van der Waals surface area contributed by atoms with E-state index >= 15 is 0 Å². The van der Waals surface area contributed by atoms with Crippen molar-refractivity contribution in [2.45, 2.75) is 19.4 Å². The van der Waals surface area contributed by atoms with Gasteiger partial charge in [-0.05, 0) is 29.8 Å². The van der Waals surface area contributed by atoms with Crippen molar-refractivity contribution in [1.82, 2.24) is 14.7 Å². The van der Waals surface area contributed by atoms with E-state index in [0.717, 1.165) is 44.2 Å². The first-order valence-corrected chi connectivity index (χ1v) is 10.9. The van der Waals surface area contributed by atoms with Crippen LogP contribution in [-0.4, -0.2) is 87.5 Å². The summed E-state index contributed by atoms with van der Waals surface area (Å²) < 4.78 is 13.2. The van der Waals surface area contributed by atoms with E-state index in [1.165, 1.54) is 10.8 Å². The highest BCUT2D eigenvalue weighted by Crippen LogP contribution is 2.21. The monoisotopic (exact) mass is 471 g/mol. The lowest BCUT2D eigenvalue weighted by Crippen LogP contribution is -2.38. The Kier molecular flexibility index (Phi) is 8.97. The van der Waals surface area contributed by atoms with E-state index in [2.05, 4.69) is 59.4 Å². The van der Waals surface area contributed by atoms with Crippen LogP contribution in [-0.2, 0) is 14.3 Å². The van der Waals surface area contributed by atoms with Gasteiger partial charge in [0, 0.05) is 31.4 Å². The van der Waals surface area contributed by atoms with Gasteiger partial charge in [0.25, 0.3) is 0 Å². The van der Waals surface area contributed by atoms with Gasteiger partial charge >= 0.3 is 11.9 Å². The van der Waals surface area contributed by atoms with Crippen LogP contribution in [0.4, 0.5) is 0 Å². The third-order valence-electron chi connectivity index (χ3n) is 5.26. The molecule has 1 saturated heterocycles. The van der Waals surface area contributed by atoms with Gasteiger partial charge in [0.05, 0.1) is 25.3 Å². The third kappa shape index (κ3) is 7.27. The molecule has 0 spiro atoms. The molecule has 10 nitrogen and oxygen atoms in total. The van der Waals surface area contributed by atoms with Crippen molar-refractivity contribution < 1.29 is 34.4 Å². The van der Waals surface area contributed by atoms with Gasteiger partial charge in [0.15, 0.2) is 6.10 Å². The van der Waals surface area contributed by atoms with Crippen LogP contribution in [0.25, 0.3) is 16.5 Å². The number of carboxylic acids is 2. The van der Waals surface area contributed by atoms with Gasteiger partial charge in [-0.2, -0.15) is 0 Å². The molecule has 1 aromatic heterocycles. The number of rotatable bonds is 8. The zero-order chi connectivity index (χ0) is 24.5. The SMILES string of the molecule is Cc1cc(OCCN2CCOCC2)nn1-c1ccc2ccccc2c1.O=C(O)CC(O)C(=O)O. The number of morpholine rings is 1. The molecule has 10 heteroatoms. The molecule has 2 heterocycles. The smallest absolute Gasteiger partial charge is 0.333 e. The molecular formula is C24H29N3O7. The lowest BCUT2D eigenvalue weighted by molar-refractivity contribution is -0.152. The van der Waals surface area contributed by atoms with Crippen LogP contribution < -0.4 is 4.74 Å². The number of fused-ring (bicyclic) bond motifs is 1. The molecule has 0 bridgehead atoms. The summed E-state index contributed by atoms with van der Waals surface area (Å²) in [6, 6.07) is 16.7. The van der Waals surface area contributed by atoms with Gasteiger partial charge in [-0.1, -0.05) is 30.3 Å². The molecular weight excluding hydrogens is 442 g/mol. The van der Waals surface area contributed by atoms with Gasteiger partial charge in [0.2, 0.25) is 5.88 Å². The van der Waals surface area contributed by atoms with E-state index < -0.39 is 24.5 Å². The second-order valence-corrected chi connectivity index (χ2v) is 7.82. The fourth-order valence-electron chi connectivity index (χ4n) is 3.44. The lowest BCUT2D eigenvalue weighted by atomic mass is 10.1. The molecule has 1 aliphatic rings. The highest BCUT2D eigenvalue weighted by molar-refractivity contribution is 5.84. The Morgan fingerprint density at radius 3 is 2.44 bits per heavy atom. The Labute approximate surface area is 196 Å². The van der Waals surface area contributed by atoms with E-state index in [9.17, 15) is 9.59 Å². The first kappa shape index (κ1) is 25.2. The molecule has 34 heavy (non-hydrogen) atoms. The minimum absolute atomic E-state index is 0.647. The predicted molar refractivity (Wildman–Crippen MR) is 124 cm³/mol. The number of carbonyl (C=O) groups is 2. The van der Waals surface area contributed by atoms with Gasteiger partial charge < -0.3 is 24.8 Å². The minimum Gasteiger partial charge on any atom is -0.481 e. The fraction of sp³-hybridized carbons (Fsp3) is 0.375. The first-order valence-electron chi connectivity index (χ1n) is 10.9. The lowest BCUT2D eigenvalue weighted by Gasteiger charge is -2.26. The third-order valence-corrected chi connectivity index (χ3v) is 5.26. The average molecular weight is 472 g/mol. The molecule has 1 aliphatic heterocycles. The Bertz CT molecular complexity index is 1110. The average Bonchev–Trinajstić information content (AvgIpc) is 3.19. The number of carboxylic acid groups (broad SMARTS) is 2. The summed E-state index contributed by atoms with van der Waals surface area (Å²) in [6.45, 7) is 7.20. The van der Waals surface area contributed by atoms with Crippen molar-refractivity contribution in [2.24, 2.45) is 0 Å². The largest absolute Gasteiger partial charge is 0.481 e. The topological polar surface area (TPSA) is 134 Å². The quantitative estimate of drug-likeness (QED) is 0.451. The zero-order valence-electron chi connectivity index (χ0n) is 19.0. The molecule has 0 saturated carbocycles. The molecule has 0 amide bonds. The van der Waals surface area contributed by atoms with Gasteiger partial charge in [-0.3, -0.25) is 9.69 Å². The van der Waals surface area contributed by atoms with Crippen molar-refractivity contribution in [1.29, 1.82) is 0 Å². The van der Waals surface area contributed by atoms with Gasteiger partial charge in [-0.25, -0.2) is 9.48 Å². The molecule has 1 fully saturated rings. The summed E-state index contributed by atoms with van der Waals surface area (Å²) in [7, 11) is 0. The number of hydrogen-bond acceptors (Lipinski definition) is 7. The van der Waals surface area contributed by atoms with E-state index in [4.69, 9.17) is 24.8 Å². The second kappa shape index (κ2) is 12.1. The molecule has 3 N–H and O–H groups in total. The number of aromatic nitrogens is 2. The summed E-state index contributed by atoms with van der Waals surface area (Å²) >= 11 is 0. The Balaban J connectivity index is 0.000000309. The summed E-state index contributed by atoms with van der Waals surface area (Å²) in [4.78, 5) is 21.8. The van der Waals surface area contributed by atoms with Crippen LogP contribution >= 0.6 is 0 Å². The summed E-state index contributed by atoms with van der Waals surface area (Å²) in [5.74, 6) is -2.17. The molecule has 182 valence electrons. The Hall–Kier alpha value is -3.47. The highest BCUT2D eigenvalue weighted by Gasteiger charge is 2.16. The number of hydrogen-bond donors (Lipinski definition) is 3. The predicted octanol–water partition coefficient (Wildman–Crippen LogP) is 1.95. The maximum Gasteiger partial charge on any atom is 0.333 e. The number of benzene rings is 2. The molecule has 0 radical (unpaired) electrons. The molecule has 1 unspecified atom stereocenters. The van der Waals surface area contributed by atoms with Crippen LogP contribution in [0, 0.1) is 6.92 Å². The van der Waals surface area contributed by atoms with E-state index in [1.54, 1.807) is 0 Å².